The van der Waals surface area contributed by atoms with Crippen LogP contribution in [-0.2, 0) is 7.05 Å². The standard InChI is InChI=1S/C7H5BrN2O3/c1-10-6(9-13-7(10)11)4-2-3-5(8)12-4/h2-3H,1H3. The monoisotopic (exact) mass is 244 g/mol. The smallest absolute Gasteiger partial charge is 0.441 e. The molecule has 0 aliphatic rings. The molecule has 2 aromatic rings. The van der Waals surface area contributed by atoms with Crippen LogP contribution >= 0.6 is 15.9 Å². The van der Waals surface area contributed by atoms with Gasteiger partial charge < -0.3 is 4.42 Å². The third-order valence-corrected chi connectivity index (χ3v) is 2.02. The van der Waals surface area contributed by atoms with Gasteiger partial charge in [-0.1, -0.05) is 5.16 Å². The van der Waals surface area contributed by atoms with Crippen molar-refractivity contribution >= 4 is 15.9 Å². The van der Waals surface area contributed by atoms with Gasteiger partial charge in [-0.2, -0.15) is 0 Å². The zero-order valence-electron chi connectivity index (χ0n) is 6.65. The first-order valence-corrected chi connectivity index (χ1v) is 4.26. The molecule has 0 aliphatic carbocycles. The second-order valence-electron chi connectivity index (χ2n) is 2.43. The van der Waals surface area contributed by atoms with Gasteiger partial charge in [0.1, 0.15) is 0 Å². The molecule has 2 heterocycles. The number of hydrogen-bond donors (Lipinski definition) is 0. The highest BCUT2D eigenvalue weighted by Gasteiger charge is 2.12. The zero-order chi connectivity index (χ0) is 9.42. The topological polar surface area (TPSA) is 61.2 Å². The molecule has 0 N–H and O–H groups in total. The predicted molar refractivity (Wildman–Crippen MR) is 47.1 cm³/mol. The molecule has 0 fully saturated rings. The lowest BCUT2D eigenvalue weighted by atomic mass is 10.4. The first-order valence-electron chi connectivity index (χ1n) is 3.47. The summed E-state index contributed by atoms with van der Waals surface area (Å²) in [6.45, 7) is 0. The summed E-state index contributed by atoms with van der Waals surface area (Å²) in [4.78, 5) is 10.9. The van der Waals surface area contributed by atoms with E-state index >= 15 is 0 Å². The van der Waals surface area contributed by atoms with Crippen LogP contribution < -0.4 is 5.76 Å². The minimum absolute atomic E-state index is 0.371. The van der Waals surface area contributed by atoms with Gasteiger partial charge in [-0.15, -0.1) is 0 Å². The molecule has 0 spiro atoms. The Hall–Kier alpha value is -1.30. The maximum absolute atomic E-state index is 10.9. The fraction of sp³-hybridized carbons (Fsp3) is 0.143. The summed E-state index contributed by atoms with van der Waals surface area (Å²) >= 11 is 3.15. The molecule has 2 aromatic heterocycles. The molecule has 0 saturated heterocycles. The lowest BCUT2D eigenvalue weighted by Crippen LogP contribution is -2.09. The van der Waals surface area contributed by atoms with Gasteiger partial charge in [0.25, 0.3) is 0 Å². The van der Waals surface area contributed by atoms with Crippen LogP contribution in [0.4, 0.5) is 0 Å². The van der Waals surface area contributed by atoms with E-state index in [4.69, 9.17) is 4.42 Å². The zero-order valence-corrected chi connectivity index (χ0v) is 8.24. The Balaban J connectivity index is 2.58. The summed E-state index contributed by atoms with van der Waals surface area (Å²) in [5.41, 5.74) is 0. The molecule has 2 rings (SSSR count). The minimum atomic E-state index is -0.512. The molecular formula is C7H5BrN2O3. The SMILES string of the molecule is Cn1c(-c2ccc(Br)o2)noc1=O. The molecule has 5 nitrogen and oxygen atoms in total. The molecule has 0 aromatic carbocycles. The van der Waals surface area contributed by atoms with E-state index in [1.165, 1.54) is 4.57 Å². The van der Waals surface area contributed by atoms with Gasteiger partial charge in [0, 0.05) is 7.05 Å². The van der Waals surface area contributed by atoms with E-state index in [1.807, 2.05) is 0 Å². The van der Waals surface area contributed by atoms with E-state index in [0.29, 0.717) is 16.3 Å². The van der Waals surface area contributed by atoms with Gasteiger partial charge >= 0.3 is 5.76 Å². The predicted octanol–water partition coefficient (Wildman–Crippen LogP) is 1.40. The Morgan fingerprint density at radius 2 is 2.31 bits per heavy atom. The third kappa shape index (κ3) is 1.33. The molecule has 0 saturated carbocycles. The number of aromatic nitrogens is 2. The molecule has 13 heavy (non-hydrogen) atoms. The van der Waals surface area contributed by atoms with Crippen LogP contribution in [0.3, 0.4) is 0 Å². The summed E-state index contributed by atoms with van der Waals surface area (Å²) in [7, 11) is 1.56. The highest BCUT2D eigenvalue weighted by Crippen LogP contribution is 2.21. The summed E-state index contributed by atoms with van der Waals surface area (Å²) in [6, 6.07) is 3.41. The molecule has 0 unspecified atom stereocenters. The fourth-order valence-electron chi connectivity index (χ4n) is 0.936. The average molecular weight is 245 g/mol. The highest BCUT2D eigenvalue weighted by molar-refractivity contribution is 9.10. The van der Waals surface area contributed by atoms with Gasteiger partial charge in [-0.25, -0.2) is 4.79 Å². The average Bonchev–Trinajstić information content (AvgIpc) is 2.62. The van der Waals surface area contributed by atoms with Crippen molar-refractivity contribution in [2.24, 2.45) is 7.05 Å². The molecular weight excluding hydrogens is 240 g/mol. The number of halogens is 1. The quantitative estimate of drug-likeness (QED) is 0.761. The van der Waals surface area contributed by atoms with Crippen molar-refractivity contribution in [1.82, 2.24) is 9.72 Å². The Kier molecular flexibility index (Phi) is 1.84. The van der Waals surface area contributed by atoms with E-state index in [2.05, 4.69) is 25.6 Å². The summed E-state index contributed by atoms with van der Waals surface area (Å²) in [5, 5.41) is 3.56. The van der Waals surface area contributed by atoms with Crippen LogP contribution in [0.25, 0.3) is 11.6 Å². The molecule has 0 atom stereocenters. The van der Waals surface area contributed by atoms with Crippen molar-refractivity contribution in [3.05, 3.63) is 27.4 Å². The molecule has 0 bridgehead atoms. The number of furan rings is 1. The number of nitrogens with zero attached hydrogens (tertiary/aromatic N) is 2. The van der Waals surface area contributed by atoms with Crippen molar-refractivity contribution in [2.75, 3.05) is 0 Å². The Bertz CT molecular complexity index is 482. The fourth-order valence-corrected chi connectivity index (χ4v) is 1.24. The van der Waals surface area contributed by atoms with Gasteiger partial charge in [0.2, 0.25) is 5.82 Å². The van der Waals surface area contributed by atoms with Crippen LogP contribution in [-0.4, -0.2) is 9.72 Å². The van der Waals surface area contributed by atoms with E-state index in [9.17, 15) is 4.79 Å². The molecule has 0 amide bonds. The van der Waals surface area contributed by atoms with Gasteiger partial charge in [0.15, 0.2) is 10.4 Å². The number of rotatable bonds is 1. The van der Waals surface area contributed by atoms with Crippen LogP contribution in [0.5, 0.6) is 0 Å². The van der Waals surface area contributed by atoms with Crippen molar-refractivity contribution < 1.29 is 8.94 Å². The van der Waals surface area contributed by atoms with Crippen LogP contribution in [0, 0.1) is 0 Å². The van der Waals surface area contributed by atoms with Crippen LogP contribution in [0.2, 0.25) is 0 Å². The lowest BCUT2D eigenvalue weighted by Gasteiger charge is -1.90. The normalized spacial score (nSPS) is 10.6. The number of hydrogen-bond acceptors (Lipinski definition) is 4. The summed E-state index contributed by atoms with van der Waals surface area (Å²) in [6.07, 6.45) is 0. The maximum atomic E-state index is 10.9. The van der Waals surface area contributed by atoms with E-state index in [0.717, 1.165) is 0 Å². The van der Waals surface area contributed by atoms with Gasteiger partial charge in [-0.3, -0.25) is 9.09 Å². The Labute approximate surface area is 81.1 Å². The van der Waals surface area contributed by atoms with E-state index in [1.54, 1.807) is 19.2 Å². The van der Waals surface area contributed by atoms with Crippen molar-refractivity contribution in [1.29, 1.82) is 0 Å². The molecule has 0 aliphatic heterocycles. The second kappa shape index (κ2) is 2.88. The summed E-state index contributed by atoms with van der Waals surface area (Å²) < 4.78 is 11.5. The third-order valence-electron chi connectivity index (χ3n) is 1.60. The molecule has 68 valence electrons. The van der Waals surface area contributed by atoms with E-state index < -0.39 is 5.76 Å². The maximum Gasteiger partial charge on any atom is 0.441 e. The van der Waals surface area contributed by atoms with Crippen LogP contribution in [0.15, 0.2) is 30.5 Å². The van der Waals surface area contributed by atoms with Gasteiger partial charge in [0.05, 0.1) is 0 Å². The lowest BCUT2D eigenvalue weighted by molar-refractivity contribution is 0.379. The Morgan fingerprint density at radius 3 is 2.77 bits per heavy atom. The van der Waals surface area contributed by atoms with Crippen molar-refractivity contribution in [3.63, 3.8) is 0 Å². The Morgan fingerprint density at radius 1 is 1.54 bits per heavy atom. The van der Waals surface area contributed by atoms with Crippen molar-refractivity contribution in [2.45, 2.75) is 0 Å². The van der Waals surface area contributed by atoms with Gasteiger partial charge in [-0.05, 0) is 28.1 Å². The largest absolute Gasteiger partial charge is 0.446 e. The highest BCUT2D eigenvalue weighted by atomic mass is 79.9. The van der Waals surface area contributed by atoms with Crippen molar-refractivity contribution in [3.8, 4) is 11.6 Å². The summed E-state index contributed by atoms with van der Waals surface area (Å²) in [5.74, 6) is 0.346. The minimum Gasteiger partial charge on any atom is -0.446 e. The first-order chi connectivity index (χ1) is 6.18. The molecule has 6 heteroatoms. The van der Waals surface area contributed by atoms with E-state index in [-0.39, 0.29) is 0 Å². The molecule has 0 radical (unpaired) electrons. The first kappa shape index (κ1) is 8.31. The second-order valence-corrected chi connectivity index (χ2v) is 3.22. The van der Waals surface area contributed by atoms with Crippen LogP contribution in [0.1, 0.15) is 0 Å².